The van der Waals surface area contributed by atoms with E-state index >= 15 is 0 Å². The fourth-order valence-electron chi connectivity index (χ4n) is 5.51. The molecule has 2 aromatic carbocycles. The van der Waals surface area contributed by atoms with Crippen molar-refractivity contribution in [3.63, 3.8) is 0 Å². The number of hydrogen-bond donors (Lipinski definition) is 1. The topological polar surface area (TPSA) is 80.4 Å². The van der Waals surface area contributed by atoms with Crippen LogP contribution >= 0.6 is 0 Å². The van der Waals surface area contributed by atoms with Gasteiger partial charge in [0, 0.05) is 44.4 Å². The number of imidazole rings is 1. The highest BCUT2D eigenvalue weighted by Crippen LogP contribution is 2.59. The van der Waals surface area contributed by atoms with Gasteiger partial charge in [-0.05, 0) is 48.9 Å². The van der Waals surface area contributed by atoms with E-state index in [4.69, 9.17) is 4.42 Å². The molecule has 1 spiro atoms. The van der Waals surface area contributed by atoms with Gasteiger partial charge >= 0.3 is 0 Å². The normalized spacial score (nSPS) is 19.1. The maximum Gasteiger partial charge on any atom is 0.289 e. The molecule has 2 aromatic heterocycles. The highest BCUT2D eigenvalue weighted by molar-refractivity contribution is 5.96. The van der Waals surface area contributed by atoms with Crippen LogP contribution in [0.5, 0.6) is 0 Å². The number of rotatable bonds is 5. The van der Waals surface area contributed by atoms with Gasteiger partial charge in [0.15, 0.2) is 5.76 Å². The predicted octanol–water partition coefficient (Wildman–Crippen LogP) is 3.92. The van der Waals surface area contributed by atoms with Crippen LogP contribution in [0.3, 0.4) is 0 Å². The van der Waals surface area contributed by atoms with Crippen LogP contribution in [0.4, 0.5) is 0 Å². The monoisotopic (exact) mass is 456 g/mol. The maximum atomic E-state index is 12.9. The summed E-state index contributed by atoms with van der Waals surface area (Å²) in [7, 11) is 2.02. The average molecular weight is 457 g/mol. The lowest BCUT2D eigenvalue weighted by molar-refractivity contribution is -0.123. The Morgan fingerprint density at radius 3 is 2.68 bits per heavy atom. The second-order valence-electron chi connectivity index (χ2n) is 9.68. The number of carbonyl (C=O) groups excluding carboxylic acids is 2. The molecule has 3 heterocycles. The molecule has 7 nitrogen and oxygen atoms in total. The maximum absolute atomic E-state index is 12.9. The summed E-state index contributed by atoms with van der Waals surface area (Å²) in [5.74, 6) is 1.50. The number of hydrogen-bond acceptors (Lipinski definition) is 4. The van der Waals surface area contributed by atoms with Crippen molar-refractivity contribution >= 4 is 33.8 Å². The fraction of sp³-hybridized carbons (Fsp3) is 0.370. The lowest BCUT2D eigenvalue weighted by Crippen LogP contribution is -2.40. The quantitative estimate of drug-likeness (QED) is 0.494. The molecule has 6 rings (SSSR count). The molecule has 0 radical (unpaired) electrons. The lowest BCUT2D eigenvalue weighted by atomic mass is 9.90. The van der Waals surface area contributed by atoms with E-state index in [-0.39, 0.29) is 23.1 Å². The zero-order valence-electron chi connectivity index (χ0n) is 19.3. The van der Waals surface area contributed by atoms with Crippen molar-refractivity contribution in [2.75, 3.05) is 19.6 Å². The number of para-hydroxylation sites is 3. The number of amides is 2. The Kier molecular flexibility index (Phi) is 4.94. The molecular formula is C27H28N4O3. The van der Waals surface area contributed by atoms with Crippen molar-refractivity contribution in [3.8, 4) is 0 Å². The first kappa shape index (κ1) is 21.0. The number of carbonyl (C=O) groups is 2. The van der Waals surface area contributed by atoms with E-state index in [0.29, 0.717) is 31.8 Å². The first-order valence-corrected chi connectivity index (χ1v) is 12.0. The Bertz CT molecular complexity index is 1360. The summed E-state index contributed by atoms with van der Waals surface area (Å²) in [6.07, 6.45) is 3.35. The summed E-state index contributed by atoms with van der Waals surface area (Å²) in [6, 6.07) is 17.6. The SMILES string of the molecule is Cn1c(CCNC(=O)C2CC23CCN(C(=O)c2cc4ccccc4o2)CC3)nc2ccccc21. The second kappa shape index (κ2) is 8.01. The molecule has 1 saturated carbocycles. The number of aryl methyl sites for hydroxylation is 1. The Morgan fingerprint density at radius 2 is 1.88 bits per heavy atom. The van der Waals surface area contributed by atoms with Crippen LogP contribution < -0.4 is 5.32 Å². The third kappa shape index (κ3) is 3.56. The minimum atomic E-state index is -0.0600. The fourth-order valence-corrected chi connectivity index (χ4v) is 5.51. The molecule has 7 heteroatoms. The average Bonchev–Trinajstić information content (AvgIpc) is 3.22. The third-order valence-corrected chi connectivity index (χ3v) is 7.72. The van der Waals surface area contributed by atoms with Gasteiger partial charge in [-0.2, -0.15) is 0 Å². The highest BCUT2D eigenvalue weighted by Gasteiger charge is 2.58. The molecule has 4 aromatic rings. The van der Waals surface area contributed by atoms with Gasteiger partial charge in [-0.3, -0.25) is 9.59 Å². The molecule has 2 amide bonds. The van der Waals surface area contributed by atoms with E-state index in [1.165, 1.54) is 0 Å². The largest absolute Gasteiger partial charge is 0.451 e. The van der Waals surface area contributed by atoms with Crippen LogP contribution in [-0.4, -0.2) is 45.9 Å². The molecule has 1 N–H and O–H groups in total. The first-order chi connectivity index (χ1) is 16.5. The molecule has 0 bridgehead atoms. The number of furan rings is 1. The van der Waals surface area contributed by atoms with Crippen molar-refractivity contribution in [2.24, 2.45) is 18.4 Å². The smallest absolute Gasteiger partial charge is 0.289 e. The number of nitrogens with one attached hydrogen (secondary N) is 1. The van der Waals surface area contributed by atoms with E-state index in [1.807, 2.05) is 60.5 Å². The second-order valence-corrected chi connectivity index (χ2v) is 9.68. The highest BCUT2D eigenvalue weighted by atomic mass is 16.3. The van der Waals surface area contributed by atoms with Crippen LogP contribution in [0.25, 0.3) is 22.0 Å². The van der Waals surface area contributed by atoms with E-state index in [0.717, 1.165) is 47.1 Å². The Hall–Kier alpha value is -3.61. The van der Waals surface area contributed by atoms with Gasteiger partial charge in [0.05, 0.1) is 11.0 Å². The van der Waals surface area contributed by atoms with E-state index in [9.17, 15) is 9.59 Å². The van der Waals surface area contributed by atoms with Crippen molar-refractivity contribution < 1.29 is 14.0 Å². The predicted molar refractivity (Wildman–Crippen MR) is 129 cm³/mol. The van der Waals surface area contributed by atoms with Crippen LogP contribution in [0.1, 0.15) is 35.6 Å². The van der Waals surface area contributed by atoms with Crippen molar-refractivity contribution in [1.82, 2.24) is 19.8 Å². The first-order valence-electron chi connectivity index (χ1n) is 12.0. The van der Waals surface area contributed by atoms with Crippen molar-refractivity contribution in [2.45, 2.75) is 25.7 Å². The summed E-state index contributed by atoms with van der Waals surface area (Å²) in [4.78, 5) is 32.3. The van der Waals surface area contributed by atoms with E-state index < -0.39 is 0 Å². The number of nitrogens with zero attached hydrogens (tertiary/aromatic N) is 3. The zero-order chi connectivity index (χ0) is 23.3. The molecule has 1 aliphatic carbocycles. The van der Waals surface area contributed by atoms with Gasteiger partial charge in [0.25, 0.3) is 5.91 Å². The van der Waals surface area contributed by atoms with Gasteiger partial charge in [0.2, 0.25) is 5.91 Å². The van der Waals surface area contributed by atoms with Crippen molar-refractivity contribution in [1.29, 1.82) is 0 Å². The molecule has 174 valence electrons. The Morgan fingerprint density at radius 1 is 1.12 bits per heavy atom. The molecule has 2 aliphatic rings. The van der Waals surface area contributed by atoms with Gasteiger partial charge in [-0.25, -0.2) is 4.98 Å². The summed E-state index contributed by atoms with van der Waals surface area (Å²) in [5, 5.41) is 4.06. The number of aromatic nitrogens is 2. The van der Waals surface area contributed by atoms with E-state index in [1.54, 1.807) is 0 Å². The molecule has 2 fully saturated rings. The number of likely N-dealkylation sites (tertiary alicyclic amines) is 1. The van der Waals surface area contributed by atoms with Crippen LogP contribution in [0.2, 0.25) is 0 Å². The van der Waals surface area contributed by atoms with Gasteiger partial charge in [0.1, 0.15) is 11.4 Å². The van der Waals surface area contributed by atoms with Gasteiger partial charge < -0.3 is 19.2 Å². The molecule has 34 heavy (non-hydrogen) atoms. The molecule has 1 unspecified atom stereocenters. The zero-order valence-corrected chi connectivity index (χ0v) is 19.3. The Labute approximate surface area is 197 Å². The molecule has 1 aliphatic heterocycles. The standard InChI is InChI=1S/C27H28N4O3/c1-30-21-8-4-3-7-20(21)29-24(30)10-13-28-25(32)19-17-27(19)11-14-31(15-12-27)26(33)23-16-18-6-2-5-9-22(18)34-23/h2-9,16,19H,10-15,17H2,1H3,(H,28,32). The number of fused-ring (bicyclic) bond motifs is 2. The third-order valence-electron chi connectivity index (χ3n) is 7.72. The van der Waals surface area contributed by atoms with E-state index in [2.05, 4.69) is 20.9 Å². The van der Waals surface area contributed by atoms with Crippen LogP contribution in [0, 0.1) is 11.3 Å². The van der Waals surface area contributed by atoms with Crippen LogP contribution in [-0.2, 0) is 18.3 Å². The Balaban J connectivity index is 1.01. The van der Waals surface area contributed by atoms with Crippen LogP contribution in [0.15, 0.2) is 59.0 Å². The summed E-state index contributed by atoms with van der Waals surface area (Å²) in [6.45, 7) is 1.91. The molecule has 1 atom stereocenters. The minimum absolute atomic E-state index is 0.0483. The summed E-state index contributed by atoms with van der Waals surface area (Å²) < 4.78 is 7.85. The summed E-state index contributed by atoms with van der Waals surface area (Å²) >= 11 is 0. The van der Waals surface area contributed by atoms with Crippen molar-refractivity contribution in [3.05, 3.63) is 66.2 Å². The van der Waals surface area contributed by atoms with Gasteiger partial charge in [-0.15, -0.1) is 0 Å². The number of piperidine rings is 1. The lowest BCUT2D eigenvalue weighted by Gasteiger charge is -2.32. The van der Waals surface area contributed by atoms with Gasteiger partial charge in [-0.1, -0.05) is 30.3 Å². The molecular weight excluding hydrogens is 428 g/mol. The number of benzene rings is 2. The summed E-state index contributed by atoms with van der Waals surface area (Å²) in [5.41, 5.74) is 2.87. The minimum Gasteiger partial charge on any atom is -0.451 e. The molecule has 1 saturated heterocycles.